The summed E-state index contributed by atoms with van der Waals surface area (Å²) in [7, 11) is 2.12. The van der Waals surface area contributed by atoms with Crippen LogP contribution in [0, 0.1) is 5.92 Å². The number of esters is 2. The van der Waals surface area contributed by atoms with Crippen LogP contribution in [0.15, 0.2) is 0 Å². The van der Waals surface area contributed by atoms with Gasteiger partial charge in [-0.1, -0.05) is 0 Å². The molecule has 1 N–H and O–H groups in total. The Balaban J connectivity index is 2.16. The van der Waals surface area contributed by atoms with Crippen molar-refractivity contribution in [3.8, 4) is 0 Å². The number of rotatable bonds is 4. The predicted molar refractivity (Wildman–Crippen MR) is 80.8 cm³/mol. The number of quaternary nitrogens is 1. The number of carbonyl (C=O) groups is 2. The summed E-state index contributed by atoms with van der Waals surface area (Å²) >= 11 is 9.13. The summed E-state index contributed by atoms with van der Waals surface area (Å²) in [6, 6.07) is 0. The van der Waals surface area contributed by atoms with E-state index in [1.807, 2.05) is 0 Å². The zero-order valence-corrected chi connectivity index (χ0v) is 15.3. The van der Waals surface area contributed by atoms with Crippen LogP contribution in [0.1, 0.15) is 12.8 Å². The molecular weight excluding hydrogens is 450 g/mol. The summed E-state index contributed by atoms with van der Waals surface area (Å²) in [4.78, 5) is 24.5. The number of likely N-dealkylation sites (tertiary alicyclic amines) is 1. The van der Waals surface area contributed by atoms with Crippen molar-refractivity contribution in [1.82, 2.24) is 0 Å². The maximum atomic E-state index is 11.7. The van der Waals surface area contributed by atoms with E-state index < -0.39 is 8.11 Å². The van der Waals surface area contributed by atoms with Crippen molar-refractivity contribution in [2.24, 2.45) is 5.92 Å². The van der Waals surface area contributed by atoms with Gasteiger partial charge in [0.15, 0.2) is 0 Å². The van der Waals surface area contributed by atoms with Gasteiger partial charge in [-0.2, -0.15) is 0 Å². The average molecular weight is 467 g/mol. The number of ether oxygens (including phenoxy) is 2. The van der Waals surface area contributed by atoms with E-state index in [1.165, 1.54) is 4.90 Å². The molecule has 0 unspecified atom stereocenters. The minimum atomic E-state index is -1.08. The molecule has 1 heterocycles. The van der Waals surface area contributed by atoms with Gasteiger partial charge < -0.3 is 14.4 Å². The minimum Gasteiger partial charge on any atom is -0.462 e. The molecule has 0 atom stereocenters. The topological polar surface area (TPSA) is 57.0 Å². The third-order valence-electron chi connectivity index (χ3n) is 2.96. The Hall–Kier alpha value is 0.340. The number of nitrogens with one attached hydrogen (secondary N) is 1. The van der Waals surface area contributed by atoms with Gasteiger partial charge in [-0.05, 0) is 47.8 Å². The van der Waals surface area contributed by atoms with E-state index in [0.29, 0.717) is 0 Å². The highest BCUT2D eigenvalue weighted by molar-refractivity contribution is 9.40. The summed E-state index contributed by atoms with van der Waals surface area (Å²) in [5.74, 6) is -0.722. The van der Waals surface area contributed by atoms with Gasteiger partial charge in [0.2, 0.25) is 2.14 Å². The van der Waals surface area contributed by atoms with Crippen LogP contribution in [0.5, 0.6) is 0 Å². The molecule has 1 fully saturated rings. The van der Waals surface area contributed by atoms with Gasteiger partial charge in [0.1, 0.15) is 13.2 Å². The minimum absolute atomic E-state index is 0.0120. The van der Waals surface area contributed by atoms with Gasteiger partial charge in [0, 0.05) is 12.8 Å². The summed E-state index contributed by atoms with van der Waals surface area (Å²) in [5.41, 5.74) is 0. The van der Waals surface area contributed by atoms with Crippen LogP contribution in [0.3, 0.4) is 0 Å². The monoisotopic (exact) mass is 464 g/mol. The van der Waals surface area contributed by atoms with Crippen molar-refractivity contribution in [1.29, 1.82) is 0 Å². The number of piperidine rings is 1. The fraction of sp³-hybridized carbons (Fsp3) is 0.818. The van der Waals surface area contributed by atoms with Gasteiger partial charge in [-0.3, -0.25) is 4.79 Å². The zero-order valence-electron chi connectivity index (χ0n) is 10.6. The molecule has 110 valence electrons. The summed E-state index contributed by atoms with van der Waals surface area (Å²) in [5, 5.41) is 0. The standard InChI is InChI=1S/C11H16Br3NO4/c1-15-4-2-8(3-5-15)9(16)18-6-7-19-10(17)11(12,13)14/h8H,2-7H2,1H3/p+1. The average Bonchev–Trinajstić information content (AvgIpc) is 2.33. The predicted octanol–water partition coefficient (Wildman–Crippen LogP) is 0.836. The van der Waals surface area contributed by atoms with Crippen LogP contribution in [0.25, 0.3) is 0 Å². The van der Waals surface area contributed by atoms with Crippen molar-refractivity contribution in [2.45, 2.75) is 15.0 Å². The Bertz CT molecular complexity index is 324. The van der Waals surface area contributed by atoms with Crippen LogP contribution in [0.4, 0.5) is 0 Å². The molecule has 5 nitrogen and oxygen atoms in total. The molecule has 0 aromatic heterocycles. The Morgan fingerprint density at radius 1 is 1.16 bits per heavy atom. The SMILES string of the molecule is C[NH+]1CCC(C(=O)OCCOC(=O)C(Br)(Br)Br)CC1. The number of halogens is 3. The lowest BCUT2D eigenvalue weighted by atomic mass is 9.97. The van der Waals surface area contributed by atoms with Gasteiger partial charge >= 0.3 is 11.9 Å². The first-order chi connectivity index (χ1) is 8.80. The molecule has 1 aliphatic heterocycles. The Kier molecular flexibility index (Phi) is 7.28. The lowest BCUT2D eigenvalue weighted by Gasteiger charge is -2.25. The largest absolute Gasteiger partial charge is 0.462 e. The molecule has 0 spiro atoms. The second kappa shape index (κ2) is 7.95. The third kappa shape index (κ3) is 6.55. The van der Waals surface area contributed by atoms with E-state index in [4.69, 9.17) is 9.47 Å². The van der Waals surface area contributed by atoms with E-state index in [0.717, 1.165) is 25.9 Å². The first kappa shape index (κ1) is 17.4. The quantitative estimate of drug-likeness (QED) is 0.379. The number of alkyl halides is 3. The highest BCUT2D eigenvalue weighted by Crippen LogP contribution is 2.34. The highest BCUT2D eigenvalue weighted by atomic mass is 80.0. The van der Waals surface area contributed by atoms with Crippen molar-refractivity contribution in [3.05, 3.63) is 0 Å². The van der Waals surface area contributed by atoms with Crippen LogP contribution in [-0.2, 0) is 19.1 Å². The fourth-order valence-electron chi connectivity index (χ4n) is 1.82. The second-order valence-electron chi connectivity index (χ2n) is 4.53. The van der Waals surface area contributed by atoms with Crippen molar-refractivity contribution in [2.75, 3.05) is 33.4 Å². The molecule has 0 aromatic rings. The molecule has 0 aromatic carbocycles. The van der Waals surface area contributed by atoms with Gasteiger partial charge in [0.25, 0.3) is 0 Å². The number of carbonyl (C=O) groups excluding carboxylic acids is 2. The second-order valence-corrected chi connectivity index (χ2v) is 11.3. The highest BCUT2D eigenvalue weighted by Gasteiger charge is 2.31. The molecule has 1 rings (SSSR count). The van der Waals surface area contributed by atoms with Crippen LogP contribution in [0.2, 0.25) is 0 Å². The van der Waals surface area contributed by atoms with E-state index in [1.54, 1.807) is 0 Å². The summed E-state index contributed by atoms with van der Waals surface area (Å²) in [6.07, 6.45) is 1.72. The lowest BCUT2D eigenvalue weighted by molar-refractivity contribution is -0.885. The molecule has 1 saturated heterocycles. The van der Waals surface area contributed by atoms with Crippen molar-refractivity contribution < 1.29 is 24.0 Å². The zero-order chi connectivity index (χ0) is 14.5. The van der Waals surface area contributed by atoms with Crippen molar-refractivity contribution in [3.63, 3.8) is 0 Å². The smallest absolute Gasteiger partial charge is 0.345 e. The molecule has 1 aliphatic rings. The molecule has 0 amide bonds. The molecular formula is C11H17Br3NO4+. The maximum Gasteiger partial charge on any atom is 0.345 e. The van der Waals surface area contributed by atoms with Gasteiger partial charge in [0.05, 0.1) is 26.1 Å². The normalized spacial score (nSPS) is 23.8. The number of hydrogen-bond donors (Lipinski definition) is 1. The first-order valence-corrected chi connectivity index (χ1v) is 8.40. The lowest BCUT2D eigenvalue weighted by Crippen LogP contribution is -3.10. The van der Waals surface area contributed by atoms with Crippen LogP contribution in [-0.4, -0.2) is 47.4 Å². The first-order valence-electron chi connectivity index (χ1n) is 6.02. The molecule has 0 saturated carbocycles. The fourth-order valence-corrected chi connectivity index (χ4v) is 2.17. The Morgan fingerprint density at radius 2 is 1.68 bits per heavy atom. The molecule has 19 heavy (non-hydrogen) atoms. The van der Waals surface area contributed by atoms with Crippen LogP contribution >= 0.6 is 47.8 Å². The van der Waals surface area contributed by atoms with Crippen molar-refractivity contribution >= 4 is 59.7 Å². The maximum absolute atomic E-state index is 11.7. The molecule has 0 bridgehead atoms. The number of hydrogen-bond acceptors (Lipinski definition) is 4. The summed E-state index contributed by atoms with van der Waals surface area (Å²) < 4.78 is 8.93. The van der Waals surface area contributed by atoms with Gasteiger partial charge in [-0.15, -0.1) is 0 Å². The molecule has 0 aliphatic carbocycles. The Morgan fingerprint density at radius 3 is 2.21 bits per heavy atom. The summed E-state index contributed by atoms with van der Waals surface area (Å²) in [6.45, 7) is 2.13. The van der Waals surface area contributed by atoms with E-state index in [9.17, 15) is 9.59 Å². The molecule has 0 radical (unpaired) electrons. The van der Waals surface area contributed by atoms with E-state index in [-0.39, 0.29) is 25.1 Å². The van der Waals surface area contributed by atoms with Crippen LogP contribution < -0.4 is 4.90 Å². The van der Waals surface area contributed by atoms with E-state index in [2.05, 4.69) is 54.8 Å². The van der Waals surface area contributed by atoms with E-state index >= 15 is 0 Å². The third-order valence-corrected chi connectivity index (χ3v) is 3.94. The van der Waals surface area contributed by atoms with Gasteiger partial charge in [-0.25, -0.2) is 4.79 Å². The molecule has 8 heteroatoms. The Labute approximate surface area is 137 Å².